The Bertz CT molecular complexity index is 435. The third kappa shape index (κ3) is 2.67. The Labute approximate surface area is 101 Å². The molecule has 1 aliphatic heterocycles. The fraction of sp³-hybridized carbons (Fsp3) is 0.700. The van der Waals surface area contributed by atoms with Crippen molar-refractivity contribution in [1.82, 2.24) is 19.8 Å². The Morgan fingerprint density at radius 2 is 2.24 bits per heavy atom. The normalized spacial score (nSPS) is 19.6. The monoisotopic (exact) mass is 258 g/mol. The van der Waals surface area contributed by atoms with Crippen LogP contribution >= 0.6 is 0 Å². The minimum absolute atomic E-state index is 0.180. The first-order valence-electron chi connectivity index (χ1n) is 5.87. The van der Waals surface area contributed by atoms with Crippen LogP contribution in [-0.4, -0.2) is 48.6 Å². The second-order valence-electron chi connectivity index (χ2n) is 4.16. The van der Waals surface area contributed by atoms with Crippen LogP contribution in [0, 0.1) is 0 Å². The molecule has 96 valence electrons. The van der Waals surface area contributed by atoms with E-state index in [-0.39, 0.29) is 5.03 Å². The van der Waals surface area contributed by atoms with Crippen LogP contribution in [-0.2, 0) is 10.0 Å². The maximum Gasteiger partial charge on any atom is 0.259 e. The van der Waals surface area contributed by atoms with Crippen molar-refractivity contribution in [1.29, 1.82) is 0 Å². The molecule has 17 heavy (non-hydrogen) atoms. The van der Waals surface area contributed by atoms with Gasteiger partial charge in [-0.1, -0.05) is 6.92 Å². The molecule has 1 fully saturated rings. The zero-order valence-corrected chi connectivity index (χ0v) is 10.7. The van der Waals surface area contributed by atoms with Crippen molar-refractivity contribution in [2.24, 2.45) is 0 Å². The van der Waals surface area contributed by atoms with E-state index in [1.165, 1.54) is 16.6 Å². The number of sulfonamides is 1. The molecule has 0 aliphatic carbocycles. The van der Waals surface area contributed by atoms with E-state index in [2.05, 4.69) is 22.4 Å². The van der Waals surface area contributed by atoms with Gasteiger partial charge in [-0.25, -0.2) is 8.42 Å². The van der Waals surface area contributed by atoms with E-state index in [0.717, 1.165) is 19.4 Å². The molecule has 1 aliphatic rings. The summed E-state index contributed by atoms with van der Waals surface area (Å²) in [7, 11) is -3.37. The molecule has 1 aromatic heterocycles. The molecule has 0 radical (unpaired) electrons. The number of hydrogen-bond acceptors (Lipinski definition) is 4. The second-order valence-corrected chi connectivity index (χ2v) is 6.06. The molecule has 0 saturated carbocycles. The fourth-order valence-corrected chi connectivity index (χ4v) is 3.49. The summed E-state index contributed by atoms with van der Waals surface area (Å²) in [5.74, 6) is 0. The maximum absolute atomic E-state index is 12.1. The highest BCUT2D eigenvalue weighted by Gasteiger charge is 2.29. The van der Waals surface area contributed by atoms with E-state index in [1.54, 1.807) is 0 Å². The average molecular weight is 258 g/mol. The van der Waals surface area contributed by atoms with Gasteiger partial charge in [-0.2, -0.15) is 9.40 Å². The molecule has 0 amide bonds. The maximum atomic E-state index is 12.1. The fourth-order valence-electron chi connectivity index (χ4n) is 2.11. The van der Waals surface area contributed by atoms with Gasteiger partial charge in [0.05, 0.1) is 6.20 Å². The molecule has 0 spiro atoms. The summed E-state index contributed by atoms with van der Waals surface area (Å²) in [6.07, 6.45) is 3.18. The molecule has 1 saturated heterocycles. The van der Waals surface area contributed by atoms with Crippen LogP contribution in [0.25, 0.3) is 0 Å². The molecule has 1 aromatic rings. The number of rotatable bonds is 4. The molecule has 0 aromatic carbocycles. The van der Waals surface area contributed by atoms with Gasteiger partial charge >= 0.3 is 0 Å². The van der Waals surface area contributed by atoms with Gasteiger partial charge in [0.25, 0.3) is 10.0 Å². The summed E-state index contributed by atoms with van der Waals surface area (Å²) < 4.78 is 25.8. The number of aromatic nitrogens is 2. The van der Waals surface area contributed by atoms with Crippen molar-refractivity contribution in [3.63, 3.8) is 0 Å². The third-order valence-corrected chi connectivity index (χ3v) is 4.87. The molecule has 0 unspecified atom stereocenters. The zero-order chi connectivity index (χ0) is 12.3. The lowest BCUT2D eigenvalue weighted by Crippen LogP contribution is -2.44. The van der Waals surface area contributed by atoms with E-state index in [1.807, 2.05) is 0 Å². The van der Waals surface area contributed by atoms with Crippen LogP contribution in [0.5, 0.6) is 0 Å². The minimum atomic E-state index is -3.37. The van der Waals surface area contributed by atoms with Crippen molar-refractivity contribution >= 4 is 10.0 Å². The third-order valence-electron chi connectivity index (χ3n) is 3.04. The number of aromatic amines is 1. The Morgan fingerprint density at radius 3 is 2.76 bits per heavy atom. The Hall–Kier alpha value is -0.920. The molecule has 7 heteroatoms. The molecular formula is C10H18N4O2S. The first-order chi connectivity index (χ1) is 8.14. The smallest absolute Gasteiger partial charge is 0.259 e. The van der Waals surface area contributed by atoms with Gasteiger partial charge in [0.2, 0.25) is 0 Å². The predicted octanol–water partition coefficient (Wildman–Crippen LogP) is 0.172. The molecular weight excluding hydrogens is 240 g/mol. The molecule has 2 rings (SSSR count). The summed E-state index contributed by atoms with van der Waals surface area (Å²) >= 11 is 0. The minimum Gasteiger partial charge on any atom is -0.314 e. The van der Waals surface area contributed by atoms with Crippen LogP contribution in [0.1, 0.15) is 19.8 Å². The van der Waals surface area contributed by atoms with Crippen molar-refractivity contribution in [3.05, 3.63) is 12.3 Å². The number of nitrogens with zero attached hydrogens (tertiary/aromatic N) is 2. The van der Waals surface area contributed by atoms with E-state index in [9.17, 15) is 8.42 Å². The average Bonchev–Trinajstić information content (AvgIpc) is 2.84. The summed E-state index contributed by atoms with van der Waals surface area (Å²) in [5, 5.41) is 9.73. The SMILES string of the molecule is CCNC1CCN(S(=O)(=O)c2ccn[nH]2)CC1. The first-order valence-corrected chi connectivity index (χ1v) is 7.31. The lowest BCUT2D eigenvalue weighted by molar-refractivity contribution is 0.291. The first kappa shape index (κ1) is 12.5. The summed E-state index contributed by atoms with van der Waals surface area (Å²) in [5.41, 5.74) is 0. The summed E-state index contributed by atoms with van der Waals surface area (Å²) in [6.45, 7) is 4.13. The lowest BCUT2D eigenvalue weighted by atomic mass is 10.1. The van der Waals surface area contributed by atoms with Crippen LogP contribution in [0.2, 0.25) is 0 Å². The highest BCUT2D eigenvalue weighted by molar-refractivity contribution is 7.89. The van der Waals surface area contributed by atoms with Crippen molar-refractivity contribution in [2.45, 2.75) is 30.8 Å². The van der Waals surface area contributed by atoms with E-state index < -0.39 is 10.0 Å². The molecule has 2 heterocycles. The van der Waals surface area contributed by atoms with Crippen molar-refractivity contribution < 1.29 is 8.42 Å². The van der Waals surface area contributed by atoms with E-state index in [4.69, 9.17) is 0 Å². The van der Waals surface area contributed by atoms with Crippen LogP contribution in [0.15, 0.2) is 17.3 Å². The van der Waals surface area contributed by atoms with Crippen molar-refractivity contribution in [2.75, 3.05) is 19.6 Å². The summed E-state index contributed by atoms with van der Waals surface area (Å²) in [4.78, 5) is 0. The molecule has 2 N–H and O–H groups in total. The second kappa shape index (κ2) is 5.16. The molecule has 0 bridgehead atoms. The number of hydrogen-bond donors (Lipinski definition) is 2. The highest BCUT2D eigenvalue weighted by Crippen LogP contribution is 2.18. The van der Waals surface area contributed by atoms with Crippen LogP contribution in [0.3, 0.4) is 0 Å². The molecule has 0 atom stereocenters. The van der Waals surface area contributed by atoms with Crippen LogP contribution in [0.4, 0.5) is 0 Å². The Morgan fingerprint density at radius 1 is 1.53 bits per heavy atom. The van der Waals surface area contributed by atoms with E-state index >= 15 is 0 Å². The Balaban J connectivity index is 2.01. The van der Waals surface area contributed by atoms with Crippen LogP contribution < -0.4 is 5.32 Å². The van der Waals surface area contributed by atoms with Gasteiger partial charge in [-0.15, -0.1) is 0 Å². The number of piperidine rings is 1. The Kier molecular flexibility index (Phi) is 3.80. The van der Waals surface area contributed by atoms with Gasteiger partial charge in [0, 0.05) is 19.1 Å². The predicted molar refractivity (Wildman–Crippen MR) is 64.0 cm³/mol. The largest absolute Gasteiger partial charge is 0.314 e. The zero-order valence-electron chi connectivity index (χ0n) is 9.89. The van der Waals surface area contributed by atoms with E-state index in [0.29, 0.717) is 19.1 Å². The number of H-pyrrole nitrogens is 1. The van der Waals surface area contributed by atoms with Gasteiger partial charge in [-0.05, 0) is 25.5 Å². The lowest BCUT2D eigenvalue weighted by Gasteiger charge is -2.31. The number of nitrogens with one attached hydrogen (secondary N) is 2. The quantitative estimate of drug-likeness (QED) is 0.807. The van der Waals surface area contributed by atoms with Gasteiger partial charge in [0.1, 0.15) is 0 Å². The topological polar surface area (TPSA) is 78.1 Å². The standard InChI is InChI=1S/C10H18N4O2S/c1-2-11-9-4-7-14(8-5-9)17(15,16)10-3-6-12-13-10/h3,6,9,11H,2,4-5,7-8H2,1H3,(H,12,13). The van der Waals surface area contributed by atoms with Crippen molar-refractivity contribution in [3.8, 4) is 0 Å². The molecule has 6 nitrogen and oxygen atoms in total. The van der Waals surface area contributed by atoms with Gasteiger partial charge < -0.3 is 5.32 Å². The van der Waals surface area contributed by atoms with Gasteiger partial charge in [0.15, 0.2) is 5.03 Å². The highest BCUT2D eigenvalue weighted by atomic mass is 32.2. The summed E-state index contributed by atoms with van der Waals surface area (Å²) in [6, 6.07) is 1.93. The van der Waals surface area contributed by atoms with Gasteiger partial charge in [-0.3, -0.25) is 5.10 Å².